The Kier molecular flexibility index (Phi) is 6.28. The van der Waals surface area contributed by atoms with Crippen LogP contribution in [-0.2, 0) is 0 Å². The predicted octanol–water partition coefficient (Wildman–Crippen LogP) is 6.52. The summed E-state index contributed by atoms with van der Waals surface area (Å²) in [4.78, 5) is 6.93. The van der Waals surface area contributed by atoms with E-state index in [4.69, 9.17) is 0 Å². The van der Waals surface area contributed by atoms with Gasteiger partial charge in [0, 0.05) is 30.4 Å². The molecule has 3 aromatic rings. The molecule has 0 aliphatic carbocycles. The number of anilines is 1. The Morgan fingerprint density at radius 2 is 1.48 bits per heavy atom. The summed E-state index contributed by atoms with van der Waals surface area (Å²) in [5.74, 6) is 1.31. The van der Waals surface area contributed by atoms with Crippen LogP contribution in [0, 0.1) is 11.8 Å². The first kappa shape index (κ1) is 19.2. The first-order chi connectivity index (χ1) is 13.0. The molecule has 140 valence electrons. The maximum absolute atomic E-state index is 4.44. The Labute approximate surface area is 163 Å². The lowest BCUT2D eigenvalue weighted by Crippen LogP contribution is -2.31. The zero-order valence-corrected chi connectivity index (χ0v) is 16.9. The van der Waals surface area contributed by atoms with E-state index in [1.54, 1.807) is 0 Å². The zero-order chi connectivity index (χ0) is 19.2. The number of hydrogen-bond donors (Lipinski definition) is 0. The first-order valence-electron chi connectivity index (χ1n) is 9.90. The van der Waals surface area contributed by atoms with Crippen LogP contribution in [0.5, 0.6) is 0 Å². The molecule has 2 aromatic carbocycles. The van der Waals surface area contributed by atoms with Gasteiger partial charge in [0.15, 0.2) is 0 Å². The smallest absolute Gasteiger partial charge is 0.0707 e. The van der Waals surface area contributed by atoms with Gasteiger partial charge in [-0.25, -0.2) is 0 Å². The van der Waals surface area contributed by atoms with Crippen LogP contribution >= 0.6 is 0 Å². The SMILES string of the molecule is CC(C)CN(CC(C)C)c1ccc(/C=C/c2ccnc3ccccc23)cc1. The number of rotatable bonds is 7. The molecule has 0 amide bonds. The fourth-order valence-corrected chi connectivity index (χ4v) is 3.41. The monoisotopic (exact) mass is 358 g/mol. The molecular formula is C25H30N2. The van der Waals surface area contributed by atoms with Crippen molar-refractivity contribution in [3.63, 3.8) is 0 Å². The van der Waals surface area contributed by atoms with E-state index in [0.29, 0.717) is 11.8 Å². The van der Waals surface area contributed by atoms with Crippen molar-refractivity contribution in [2.24, 2.45) is 11.8 Å². The van der Waals surface area contributed by atoms with Crippen LogP contribution in [0.2, 0.25) is 0 Å². The second kappa shape index (κ2) is 8.85. The van der Waals surface area contributed by atoms with Crippen molar-refractivity contribution in [2.75, 3.05) is 18.0 Å². The number of nitrogens with zero attached hydrogens (tertiary/aromatic N) is 2. The second-order valence-corrected chi connectivity index (χ2v) is 8.03. The first-order valence-corrected chi connectivity index (χ1v) is 9.90. The lowest BCUT2D eigenvalue weighted by molar-refractivity contribution is 0.553. The minimum atomic E-state index is 0.656. The van der Waals surface area contributed by atoms with Crippen molar-refractivity contribution in [3.05, 3.63) is 71.9 Å². The molecular weight excluding hydrogens is 328 g/mol. The summed E-state index contributed by atoms with van der Waals surface area (Å²) < 4.78 is 0. The van der Waals surface area contributed by atoms with E-state index < -0.39 is 0 Å². The molecule has 0 saturated carbocycles. The summed E-state index contributed by atoms with van der Waals surface area (Å²) in [6.07, 6.45) is 6.24. The van der Waals surface area contributed by atoms with Crippen molar-refractivity contribution in [1.82, 2.24) is 4.98 Å². The molecule has 0 N–H and O–H groups in total. The lowest BCUT2D eigenvalue weighted by Gasteiger charge is -2.28. The van der Waals surface area contributed by atoms with Crippen LogP contribution in [0.15, 0.2) is 60.8 Å². The van der Waals surface area contributed by atoms with E-state index in [1.807, 2.05) is 12.3 Å². The normalized spacial score (nSPS) is 11.8. The van der Waals surface area contributed by atoms with Gasteiger partial charge in [-0.2, -0.15) is 0 Å². The minimum Gasteiger partial charge on any atom is -0.371 e. The van der Waals surface area contributed by atoms with Gasteiger partial charge in [0.25, 0.3) is 0 Å². The predicted molar refractivity (Wildman–Crippen MR) is 119 cm³/mol. The lowest BCUT2D eigenvalue weighted by atomic mass is 10.1. The fourth-order valence-electron chi connectivity index (χ4n) is 3.41. The highest BCUT2D eigenvalue weighted by atomic mass is 15.1. The fraction of sp³-hybridized carbons (Fsp3) is 0.320. The third-order valence-electron chi connectivity index (χ3n) is 4.57. The largest absolute Gasteiger partial charge is 0.371 e. The van der Waals surface area contributed by atoms with Crippen molar-refractivity contribution in [1.29, 1.82) is 0 Å². The molecule has 27 heavy (non-hydrogen) atoms. The molecule has 0 bridgehead atoms. The molecule has 0 atom stereocenters. The van der Waals surface area contributed by atoms with Gasteiger partial charge in [0.1, 0.15) is 0 Å². The van der Waals surface area contributed by atoms with Gasteiger partial charge in [0.2, 0.25) is 0 Å². The van der Waals surface area contributed by atoms with Crippen LogP contribution in [0.1, 0.15) is 38.8 Å². The molecule has 2 heteroatoms. The van der Waals surface area contributed by atoms with Crippen LogP contribution in [-0.4, -0.2) is 18.1 Å². The highest BCUT2D eigenvalue weighted by Gasteiger charge is 2.10. The average molecular weight is 359 g/mol. The maximum atomic E-state index is 4.44. The number of hydrogen-bond acceptors (Lipinski definition) is 2. The number of para-hydroxylation sites is 1. The molecule has 1 heterocycles. The van der Waals surface area contributed by atoms with E-state index >= 15 is 0 Å². The quantitative estimate of drug-likeness (QED) is 0.478. The van der Waals surface area contributed by atoms with Crippen LogP contribution in [0.25, 0.3) is 23.1 Å². The Morgan fingerprint density at radius 1 is 0.815 bits per heavy atom. The van der Waals surface area contributed by atoms with Crippen LogP contribution in [0.4, 0.5) is 5.69 Å². The Bertz CT molecular complexity index is 876. The molecule has 0 saturated heterocycles. The summed E-state index contributed by atoms with van der Waals surface area (Å²) in [5.41, 5.74) is 4.76. The number of pyridine rings is 1. The topological polar surface area (TPSA) is 16.1 Å². The molecule has 0 aliphatic heterocycles. The molecule has 2 nitrogen and oxygen atoms in total. The molecule has 1 aromatic heterocycles. The highest BCUT2D eigenvalue weighted by molar-refractivity contribution is 5.90. The minimum absolute atomic E-state index is 0.656. The van der Waals surface area contributed by atoms with Crippen molar-refractivity contribution in [2.45, 2.75) is 27.7 Å². The number of aromatic nitrogens is 1. The maximum Gasteiger partial charge on any atom is 0.0707 e. The Balaban J connectivity index is 1.79. The summed E-state index contributed by atoms with van der Waals surface area (Å²) in [6.45, 7) is 11.3. The zero-order valence-electron chi connectivity index (χ0n) is 16.9. The summed E-state index contributed by atoms with van der Waals surface area (Å²) in [7, 11) is 0. The molecule has 0 unspecified atom stereocenters. The van der Waals surface area contributed by atoms with Crippen molar-refractivity contribution < 1.29 is 0 Å². The van der Waals surface area contributed by atoms with E-state index in [9.17, 15) is 0 Å². The molecule has 0 fully saturated rings. The molecule has 3 rings (SSSR count). The second-order valence-electron chi connectivity index (χ2n) is 8.03. The van der Waals surface area contributed by atoms with Gasteiger partial charge in [-0.1, -0.05) is 70.2 Å². The van der Waals surface area contributed by atoms with E-state index in [-0.39, 0.29) is 0 Å². The summed E-state index contributed by atoms with van der Waals surface area (Å²) in [5, 5.41) is 1.19. The molecule has 0 aliphatic rings. The summed E-state index contributed by atoms with van der Waals surface area (Å²) >= 11 is 0. The third kappa shape index (κ3) is 5.19. The van der Waals surface area contributed by atoms with Crippen LogP contribution in [0.3, 0.4) is 0 Å². The number of benzene rings is 2. The summed E-state index contributed by atoms with van der Waals surface area (Å²) in [6, 6.07) is 19.3. The van der Waals surface area contributed by atoms with E-state index in [0.717, 1.165) is 18.6 Å². The van der Waals surface area contributed by atoms with Crippen molar-refractivity contribution in [3.8, 4) is 0 Å². The molecule has 0 radical (unpaired) electrons. The van der Waals surface area contributed by atoms with Gasteiger partial charge >= 0.3 is 0 Å². The third-order valence-corrected chi connectivity index (χ3v) is 4.57. The van der Waals surface area contributed by atoms with Gasteiger partial charge in [0.05, 0.1) is 5.52 Å². The van der Waals surface area contributed by atoms with E-state index in [2.05, 4.69) is 98.3 Å². The number of fused-ring (bicyclic) bond motifs is 1. The van der Waals surface area contributed by atoms with Gasteiger partial charge in [-0.3, -0.25) is 4.98 Å². The Hall–Kier alpha value is -2.61. The Morgan fingerprint density at radius 3 is 2.15 bits per heavy atom. The van der Waals surface area contributed by atoms with Gasteiger partial charge in [-0.05, 0) is 47.2 Å². The van der Waals surface area contributed by atoms with E-state index in [1.165, 1.54) is 22.2 Å². The van der Waals surface area contributed by atoms with Gasteiger partial charge < -0.3 is 4.90 Å². The van der Waals surface area contributed by atoms with Crippen LogP contribution < -0.4 is 4.90 Å². The molecule has 0 spiro atoms. The average Bonchev–Trinajstić information content (AvgIpc) is 2.65. The standard InChI is InChI=1S/C25H30N2/c1-19(2)17-27(18-20(3)4)23-13-10-21(11-14-23)9-12-22-15-16-26-25-8-6-5-7-24(22)25/h5-16,19-20H,17-18H2,1-4H3/b12-9+. The highest BCUT2D eigenvalue weighted by Crippen LogP contribution is 2.21. The van der Waals surface area contributed by atoms with Gasteiger partial charge in [-0.15, -0.1) is 0 Å². The van der Waals surface area contributed by atoms with Crippen molar-refractivity contribution >= 4 is 28.7 Å².